The number of benzene rings is 2. The molecule has 2 atom stereocenters. The zero-order valence-electron chi connectivity index (χ0n) is 17.1. The minimum Gasteiger partial charge on any atom is -0.494 e. The molecule has 4 heteroatoms. The van der Waals surface area contributed by atoms with Crippen LogP contribution < -0.4 is 10.5 Å². The third kappa shape index (κ3) is 6.69. The summed E-state index contributed by atoms with van der Waals surface area (Å²) in [5.74, 6) is 1.82. The van der Waals surface area contributed by atoms with Crippen LogP contribution in [0.2, 0.25) is 0 Å². The third-order valence-corrected chi connectivity index (χ3v) is 5.71. The second-order valence-corrected chi connectivity index (χ2v) is 8.04. The summed E-state index contributed by atoms with van der Waals surface area (Å²) < 4.78 is 12.0. The van der Waals surface area contributed by atoms with Crippen molar-refractivity contribution in [2.75, 3.05) is 13.2 Å². The minimum absolute atomic E-state index is 0.0379. The molecular formula is C25H31NO2S. The van der Waals surface area contributed by atoms with Crippen LogP contribution >= 0.6 is 12.6 Å². The van der Waals surface area contributed by atoms with Crippen LogP contribution in [0.3, 0.4) is 0 Å². The normalized spacial score (nSPS) is 16.0. The molecule has 0 spiro atoms. The first kappa shape index (κ1) is 21.5. The predicted octanol–water partition coefficient (Wildman–Crippen LogP) is 5.54. The van der Waals surface area contributed by atoms with Gasteiger partial charge in [0.05, 0.1) is 0 Å². The molecule has 0 heterocycles. The Balaban J connectivity index is 1.71. The second-order valence-electron chi connectivity index (χ2n) is 7.55. The first-order chi connectivity index (χ1) is 14.1. The van der Waals surface area contributed by atoms with Gasteiger partial charge in [-0.2, -0.15) is 0 Å². The van der Waals surface area contributed by atoms with E-state index in [4.69, 9.17) is 27.8 Å². The maximum atomic E-state index is 6.39. The van der Waals surface area contributed by atoms with Gasteiger partial charge < -0.3 is 15.2 Å². The lowest BCUT2D eigenvalue weighted by atomic mass is 9.89. The lowest BCUT2D eigenvalue weighted by Gasteiger charge is -2.26. The highest BCUT2D eigenvalue weighted by Crippen LogP contribution is 2.33. The molecule has 3 nitrogen and oxygen atoms in total. The smallest absolute Gasteiger partial charge is 0.122 e. The SMILES string of the molecule is CC(N)[C@@H](Cc1ccccc1)/C(=C\C(S)=C1CCC1)OCCOc1ccccc1. The molecule has 1 saturated carbocycles. The number of thiol groups is 1. The van der Waals surface area contributed by atoms with Crippen molar-refractivity contribution in [3.05, 3.63) is 88.5 Å². The summed E-state index contributed by atoms with van der Waals surface area (Å²) in [5, 5.41) is 0. The van der Waals surface area contributed by atoms with Crippen molar-refractivity contribution in [2.24, 2.45) is 11.7 Å². The molecule has 0 radical (unpaired) electrons. The maximum absolute atomic E-state index is 6.39. The molecule has 0 amide bonds. The van der Waals surface area contributed by atoms with Crippen LogP contribution in [0.25, 0.3) is 0 Å². The van der Waals surface area contributed by atoms with Crippen molar-refractivity contribution in [1.29, 1.82) is 0 Å². The van der Waals surface area contributed by atoms with Crippen LogP contribution in [0, 0.1) is 5.92 Å². The Morgan fingerprint density at radius 2 is 1.69 bits per heavy atom. The van der Waals surface area contributed by atoms with Crippen LogP contribution in [0.1, 0.15) is 31.7 Å². The van der Waals surface area contributed by atoms with Gasteiger partial charge in [0.2, 0.25) is 0 Å². The van der Waals surface area contributed by atoms with E-state index >= 15 is 0 Å². The van der Waals surface area contributed by atoms with Crippen LogP contribution in [-0.2, 0) is 11.2 Å². The van der Waals surface area contributed by atoms with Crippen LogP contribution in [0.4, 0.5) is 0 Å². The molecule has 0 bridgehead atoms. The Morgan fingerprint density at radius 3 is 2.28 bits per heavy atom. The molecule has 0 aromatic heterocycles. The van der Waals surface area contributed by atoms with Crippen LogP contribution in [-0.4, -0.2) is 19.3 Å². The summed E-state index contributed by atoms with van der Waals surface area (Å²) in [4.78, 5) is 1.02. The van der Waals surface area contributed by atoms with E-state index in [1.165, 1.54) is 17.6 Å². The number of hydrogen-bond donors (Lipinski definition) is 2. The largest absolute Gasteiger partial charge is 0.494 e. The number of ether oxygens (including phenoxy) is 2. The molecule has 154 valence electrons. The Hall–Kier alpha value is -2.17. The molecule has 1 fully saturated rings. The Kier molecular flexibility index (Phi) is 8.26. The van der Waals surface area contributed by atoms with Gasteiger partial charge in [0, 0.05) is 16.9 Å². The number of nitrogens with two attached hydrogens (primary N) is 1. The van der Waals surface area contributed by atoms with Gasteiger partial charge in [-0.25, -0.2) is 0 Å². The Bertz CT molecular complexity index is 809. The Labute approximate surface area is 180 Å². The highest BCUT2D eigenvalue weighted by atomic mass is 32.1. The van der Waals surface area contributed by atoms with Crippen LogP contribution in [0.5, 0.6) is 5.75 Å². The zero-order valence-corrected chi connectivity index (χ0v) is 18.0. The molecule has 2 aromatic rings. The van der Waals surface area contributed by atoms with E-state index in [2.05, 4.69) is 30.3 Å². The van der Waals surface area contributed by atoms with E-state index in [-0.39, 0.29) is 12.0 Å². The Morgan fingerprint density at radius 1 is 1.03 bits per heavy atom. The van der Waals surface area contributed by atoms with Crippen molar-refractivity contribution >= 4 is 12.6 Å². The summed E-state index contributed by atoms with van der Waals surface area (Å²) in [5.41, 5.74) is 9.04. The van der Waals surface area contributed by atoms with Crippen LogP contribution in [0.15, 0.2) is 83.0 Å². The van der Waals surface area contributed by atoms with Crippen molar-refractivity contribution in [2.45, 2.75) is 38.6 Å². The number of para-hydroxylation sites is 1. The van der Waals surface area contributed by atoms with E-state index in [9.17, 15) is 0 Å². The van der Waals surface area contributed by atoms with E-state index in [1.807, 2.05) is 43.3 Å². The zero-order chi connectivity index (χ0) is 20.5. The minimum atomic E-state index is -0.0379. The van der Waals surface area contributed by atoms with E-state index < -0.39 is 0 Å². The molecular weight excluding hydrogens is 378 g/mol. The highest BCUT2D eigenvalue weighted by molar-refractivity contribution is 7.84. The molecule has 2 aromatic carbocycles. The van der Waals surface area contributed by atoms with Gasteiger partial charge in [-0.05, 0) is 56.4 Å². The van der Waals surface area contributed by atoms with Gasteiger partial charge >= 0.3 is 0 Å². The lowest BCUT2D eigenvalue weighted by molar-refractivity contribution is 0.129. The average molecular weight is 410 g/mol. The monoisotopic (exact) mass is 409 g/mol. The van der Waals surface area contributed by atoms with Gasteiger partial charge in [-0.15, -0.1) is 12.6 Å². The molecule has 0 saturated heterocycles. The average Bonchev–Trinajstić information content (AvgIpc) is 2.68. The van der Waals surface area contributed by atoms with Gasteiger partial charge in [-0.3, -0.25) is 0 Å². The van der Waals surface area contributed by atoms with E-state index in [0.717, 1.165) is 35.7 Å². The van der Waals surface area contributed by atoms with E-state index in [1.54, 1.807) is 0 Å². The number of allylic oxidation sites excluding steroid dienone is 2. The van der Waals surface area contributed by atoms with Gasteiger partial charge in [0.15, 0.2) is 0 Å². The number of hydrogen-bond acceptors (Lipinski definition) is 4. The molecule has 2 N–H and O–H groups in total. The van der Waals surface area contributed by atoms with Gasteiger partial charge in [0.1, 0.15) is 24.7 Å². The summed E-state index contributed by atoms with van der Waals surface area (Å²) in [6.45, 7) is 2.99. The fourth-order valence-electron chi connectivity index (χ4n) is 3.35. The van der Waals surface area contributed by atoms with Crippen molar-refractivity contribution < 1.29 is 9.47 Å². The third-order valence-electron chi connectivity index (χ3n) is 5.26. The highest BCUT2D eigenvalue weighted by Gasteiger charge is 2.22. The molecule has 1 aliphatic carbocycles. The molecule has 0 aliphatic heterocycles. The number of rotatable bonds is 10. The molecule has 3 rings (SSSR count). The van der Waals surface area contributed by atoms with Gasteiger partial charge in [0.25, 0.3) is 0 Å². The predicted molar refractivity (Wildman–Crippen MR) is 123 cm³/mol. The van der Waals surface area contributed by atoms with E-state index in [0.29, 0.717) is 13.2 Å². The molecule has 1 unspecified atom stereocenters. The summed E-state index contributed by atoms with van der Waals surface area (Å²) in [6.07, 6.45) is 6.41. The summed E-state index contributed by atoms with van der Waals surface area (Å²) in [6, 6.07) is 20.2. The maximum Gasteiger partial charge on any atom is 0.122 e. The molecule has 1 aliphatic rings. The summed E-state index contributed by atoms with van der Waals surface area (Å²) >= 11 is 4.74. The second kappa shape index (κ2) is 11.1. The van der Waals surface area contributed by atoms with Crippen molar-refractivity contribution in [1.82, 2.24) is 0 Å². The van der Waals surface area contributed by atoms with Gasteiger partial charge in [-0.1, -0.05) is 54.1 Å². The molecule has 29 heavy (non-hydrogen) atoms. The van der Waals surface area contributed by atoms with Crippen molar-refractivity contribution in [3.63, 3.8) is 0 Å². The summed E-state index contributed by atoms with van der Waals surface area (Å²) in [7, 11) is 0. The quantitative estimate of drug-likeness (QED) is 0.308. The first-order valence-electron chi connectivity index (χ1n) is 10.4. The van der Waals surface area contributed by atoms with Crippen molar-refractivity contribution in [3.8, 4) is 5.75 Å². The lowest BCUT2D eigenvalue weighted by Crippen LogP contribution is -2.31. The topological polar surface area (TPSA) is 44.5 Å². The fraction of sp³-hybridized carbons (Fsp3) is 0.360. The fourth-order valence-corrected chi connectivity index (χ4v) is 3.70. The standard InChI is InChI=1S/C25H31NO2S/c1-19(26)23(17-20-9-4-2-5-10-20)24(18-25(29)21-11-8-12-21)28-16-15-27-22-13-6-3-7-14-22/h2-7,9-10,13-14,18-19,23,29H,8,11-12,15-17,26H2,1H3/b24-18+/t19?,23-/m1/s1. The first-order valence-corrected chi connectivity index (χ1v) is 10.8.